The molecule has 0 radical (unpaired) electrons. The SMILES string of the molecule is COC(CN)CC(=O)Nc1ccc(NC(=O)CCN(C)C)cc1.Cl.Cl. The summed E-state index contributed by atoms with van der Waals surface area (Å²) in [7, 11) is 5.37. The van der Waals surface area contributed by atoms with Gasteiger partial charge in [-0.05, 0) is 38.4 Å². The Morgan fingerprint density at radius 1 is 1.08 bits per heavy atom. The van der Waals surface area contributed by atoms with Gasteiger partial charge in [-0.2, -0.15) is 0 Å². The molecule has 1 aromatic carbocycles. The lowest BCUT2D eigenvalue weighted by Crippen LogP contribution is -2.28. The monoisotopic (exact) mass is 394 g/mol. The summed E-state index contributed by atoms with van der Waals surface area (Å²) in [5.74, 6) is -0.202. The van der Waals surface area contributed by atoms with Crippen LogP contribution in [0.2, 0.25) is 0 Å². The third-order valence-corrected chi connectivity index (χ3v) is 3.25. The van der Waals surface area contributed by atoms with Crippen LogP contribution in [-0.2, 0) is 14.3 Å². The molecule has 1 atom stereocenters. The fourth-order valence-corrected chi connectivity index (χ4v) is 1.87. The van der Waals surface area contributed by atoms with Gasteiger partial charge in [0, 0.05) is 38.0 Å². The number of anilines is 2. The first-order valence-corrected chi connectivity index (χ1v) is 7.52. The lowest BCUT2D eigenvalue weighted by molar-refractivity contribution is -0.118. The molecule has 0 aliphatic carbocycles. The van der Waals surface area contributed by atoms with Crippen LogP contribution in [0.25, 0.3) is 0 Å². The third kappa shape index (κ3) is 11.0. The van der Waals surface area contributed by atoms with Crippen LogP contribution in [-0.4, -0.2) is 57.1 Å². The van der Waals surface area contributed by atoms with E-state index in [0.29, 0.717) is 30.9 Å². The van der Waals surface area contributed by atoms with Crippen molar-refractivity contribution in [3.63, 3.8) is 0 Å². The molecule has 0 bridgehead atoms. The highest BCUT2D eigenvalue weighted by atomic mass is 35.5. The summed E-state index contributed by atoms with van der Waals surface area (Å²) in [6.45, 7) is 0.990. The second-order valence-corrected chi connectivity index (χ2v) is 5.52. The summed E-state index contributed by atoms with van der Waals surface area (Å²) < 4.78 is 5.07. The highest BCUT2D eigenvalue weighted by Crippen LogP contribution is 2.14. The van der Waals surface area contributed by atoms with Crippen molar-refractivity contribution in [2.24, 2.45) is 5.73 Å². The highest BCUT2D eigenvalue weighted by Gasteiger charge is 2.11. The molecule has 0 aromatic heterocycles. The first-order chi connectivity index (χ1) is 10.9. The van der Waals surface area contributed by atoms with E-state index in [1.807, 2.05) is 19.0 Å². The molecule has 4 N–H and O–H groups in total. The van der Waals surface area contributed by atoms with Crippen LogP contribution in [0.4, 0.5) is 11.4 Å². The summed E-state index contributed by atoms with van der Waals surface area (Å²) in [5.41, 5.74) is 6.84. The molecule has 0 saturated carbocycles. The van der Waals surface area contributed by atoms with E-state index in [1.54, 1.807) is 24.3 Å². The van der Waals surface area contributed by atoms with Crippen molar-refractivity contribution in [1.82, 2.24) is 4.90 Å². The van der Waals surface area contributed by atoms with E-state index in [2.05, 4.69) is 10.6 Å². The smallest absolute Gasteiger partial charge is 0.227 e. The van der Waals surface area contributed by atoms with Crippen LogP contribution in [0.15, 0.2) is 24.3 Å². The number of halogens is 2. The van der Waals surface area contributed by atoms with Gasteiger partial charge in [0.15, 0.2) is 0 Å². The molecule has 0 saturated heterocycles. The number of benzene rings is 1. The molecule has 1 unspecified atom stereocenters. The fraction of sp³-hybridized carbons (Fsp3) is 0.500. The van der Waals surface area contributed by atoms with Crippen molar-refractivity contribution in [3.8, 4) is 0 Å². The van der Waals surface area contributed by atoms with E-state index in [0.717, 1.165) is 0 Å². The van der Waals surface area contributed by atoms with Gasteiger partial charge in [-0.25, -0.2) is 0 Å². The third-order valence-electron chi connectivity index (χ3n) is 3.25. The van der Waals surface area contributed by atoms with Crippen LogP contribution in [0, 0.1) is 0 Å². The van der Waals surface area contributed by atoms with Crippen molar-refractivity contribution in [1.29, 1.82) is 0 Å². The topological polar surface area (TPSA) is 96.7 Å². The summed E-state index contributed by atoms with van der Waals surface area (Å²) in [5, 5.41) is 5.58. The summed E-state index contributed by atoms with van der Waals surface area (Å²) >= 11 is 0. The Morgan fingerprint density at radius 3 is 1.96 bits per heavy atom. The minimum atomic E-state index is -0.287. The van der Waals surface area contributed by atoms with Gasteiger partial charge in [0.25, 0.3) is 0 Å². The van der Waals surface area contributed by atoms with E-state index >= 15 is 0 Å². The molecule has 0 aliphatic heterocycles. The molecule has 0 heterocycles. The number of methoxy groups -OCH3 is 1. The molecule has 7 nitrogen and oxygen atoms in total. The molecule has 0 aliphatic rings. The number of hydrogen-bond donors (Lipinski definition) is 3. The summed E-state index contributed by atoms with van der Waals surface area (Å²) in [4.78, 5) is 25.5. The van der Waals surface area contributed by atoms with E-state index < -0.39 is 0 Å². The minimum Gasteiger partial charge on any atom is -0.380 e. The molecular formula is C16H28Cl2N4O3. The predicted molar refractivity (Wildman–Crippen MR) is 106 cm³/mol. The highest BCUT2D eigenvalue weighted by molar-refractivity contribution is 5.93. The van der Waals surface area contributed by atoms with Crippen molar-refractivity contribution in [2.45, 2.75) is 18.9 Å². The van der Waals surface area contributed by atoms with Crippen LogP contribution < -0.4 is 16.4 Å². The van der Waals surface area contributed by atoms with Gasteiger partial charge in [0.2, 0.25) is 11.8 Å². The molecule has 25 heavy (non-hydrogen) atoms. The molecule has 1 aromatic rings. The Balaban J connectivity index is 0. The average molecular weight is 395 g/mol. The number of hydrogen-bond acceptors (Lipinski definition) is 5. The molecule has 0 fully saturated rings. The lowest BCUT2D eigenvalue weighted by Gasteiger charge is -2.13. The number of ether oxygens (including phenoxy) is 1. The average Bonchev–Trinajstić information content (AvgIpc) is 2.52. The van der Waals surface area contributed by atoms with E-state index in [9.17, 15) is 9.59 Å². The van der Waals surface area contributed by atoms with Crippen molar-refractivity contribution >= 4 is 48.0 Å². The Labute approximate surface area is 161 Å². The number of amides is 2. The quantitative estimate of drug-likeness (QED) is 0.592. The predicted octanol–water partition coefficient (Wildman–Crippen LogP) is 1.72. The number of nitrogens with two attached hydrogens (primary N) is 1. The zero-order valence-corrected chi connectivity index (χ0v) is 16.4. The van der Waals surface area contributed by atoms with Gasteiger partial charge in [-0.3, -0.25) is 9.59 Å². The zero-order valence-electron chi connectivity index (χ0n) is 14.8. The number of rotatable bonds is 9. The largest absolute Gasteiger partial charge is 0.380 e. The Kier molecular flexibility index (Phi) is 14.3. The Morgan fingerprint density at radius 2 is 1.56 bits per heavy atom. The Hall–Kier alpha value is -1.38. The van der Waals surface area contributed by atoms with Crippen molar-refractivity contribution < 1.29 is 14.3 Å². The zero-order chi connectivity index (χ0) is 17.2. The van der Waals surface area contributed by atoms with Crippen LogP contribution in [0.1, 0.15) is 12.8 Å². The van der Waals surface area contributed by atoms with Crippen molar-refractivity contribution in [2.75, 3.05) is 44.9 Å². The second-order valence-electron chi connectivity index (χ2n) is 5.52. The van der Waals surface area contributed by atoms with Gasteiger partial charge in [-0.1, -0.05) is 0 Å². The molecular weight excluding hydrogens is 367 g/mol. The number of nitrogens with one attached hydrogen (secondary N) is 2. The maximum absolute atomic E-state index is 11.8. The van der Waals surface area contributed by atoms with Gasteiger partial charge >= 0.3 is 0 Å². The molecule has 144 valence electrons. The lowest BCUT2D eigenvalue weighted by atomic mass is 10.2. The van der Waals surface area contributed by atoms with Gasteiger partial charge < -0.3 is 26.0 Å². The maximum Gasteiger partial charge on any atom is 0.227 e. The molecule has 9 heteroatoms. The van der Waals surface area contributed by atoms with Gasteiger partial charge in [0.1, 0.15) is 0 Å². The standard InChI is InChI=1S/C16H26N4O3.2ClH/c1-20(2)9-8-15(21)18-12-4-6-13(7-5-12)19-16(22)10-14(11-17)23-3;;/h4-7,14H,8-11,17H2,1-3H3,(H,18,21)(H,19,22);2*1H. The van der Waals surface area contributed by atoms with Crippen LogP contribution >= 0.6 is 24.8 Å². The normalized spacial score (nSPS) is 11.1. The maximum atomic E-state index is 11.8. The van der Waals surface area contributed by atoms with E-state index in [-0.39, 0.29) is 49.2 Å². The van der Waals surface area contributed by atoms with Crippen LogP contribution in [0.3, 0.4) is 0 Å². The van der Waals surface area contributed by atoms with Gasteiger partial charge in [-0.15, -0.1) is 24.8 Å². The molecule has 0 spiro atoms. The molecule has 1 rings (SSSR count). The van der Waals surface area contributed by atoms with E-state index in [4.69, 9.17) is 10.5 Å². The molecule has 2 amide bonds. The Bertz CT molecular complexity index is 509. The fourth-order valence-electron chi connectivity index (χ4n) is 1.87. The van der Waals surface area contributed by atoms with E-state index in [1.165, 1.54) is 7.11 Å². The number of nitrogens with zero attached hydrogens (tertiary/aromatic N) is 1. The first-order valence-electron chi connectivity index (χ1n) is 7.52. The van der Waals surface area contributed by atoms with Gasteiger partial charge in [0.05, 0.1) is 12.5 Å². The summed E-state index contributed by atoms with van der Waals surface area (Å²) in [6, 6.07) is 6.98. The number of carbonyl (C=O) groups excluding carboxylic acids is 2. The van der Waals surface area contributed by atoms with Crippen LogP contribution in [0.5, 0.6) is 0 Å². The first kappa shape index (κ1) is 25.9. The second kappa shape index (κ2) is 13.9. The number of carbonyl (C=O) groups is 2. The van der Waals surface area contributed by atoms with Crippen molar-refractivity contribution in [3.05, 3.63) is 24.3 Å². The summed E-state index contributed by atoms with van der Waals surface area (Å²) in [6.07, 6.45) is 0.351. The minimum absolute atomic E-state index is 0.